The van der Waals surface area contributed by atoms with E-state index in [-0.39, 0.29) is 23.9 Å². The van der Waals surface area contributed by atoms with Gasteiger partial charge in [0.15, 0.2) is 5.78 Å². The van der Waals surface area contributed by atoms with E-state index in [0.717, 1.165) is 37.3 Å². The molecule has 8 heteroatoms. The van der Waals surface area contributed by atoms with Gasteiger partial charge in [-0.1, -0.05) is 42.5 Å². The molecule has 0 amide bonds. The summed E-state index contributed by atoms with van der Waals surface area (Å²) in [5.41, 5.74) is 8.69. The molecular weight excluding hydrogens is 442 g/mol. The van der Waals surface area contributed by atoms with Crippen LogP contribution in [0.4, 0.5) is 5.82 Å². The first-order chi connectivity index (χ1) is 17.0. The lowest BCUT2D eigenvalue weighted by Gasteiger charge is -2.33. The number of ketones is 1. The number of fused-ring (bicyclic) bond motifs is 1. The molecule has 8 nitrogen and oxygen atoms in total. The third-order valence-electron chi connectivity index (χ3n) is 6.53. The van der Waals surface area contributed by atoms with Crippen molar-refractivity contribution in [3.8, 4) is 5.75 Å². The van der Waals surface area contributed by atoms with Gasteiger partial charge in [0.1, 0.15) is 17.1 Å². The Labute approximate surface area is 203 Å². The van der Waals surface area contributed by atoms with Crippen molar-refractivity contribution in [2.24, 2.45) is 5.73 Å². The average Bonchev–Trinajstić information content (AvgIpc) is 3.25. The van der Waals surface area contributed by atoms with Crippen molar-refractivity contribution in [2.45, 2.75) is 32.0 Å². The van der Waals surface area contributed by atoms with E-state index >= 15 is 0 Å². The number of carbonyl (C=O) groups excluding carboxylic acids is 1. The summed E-state index contributed by atoms with van der Waals surface area (Å²) in [7, 11) is 1.56. The molecule has 2 aromatic heterocycles. The Balaban J connectivity index is 1.56. The van der Waals surface area contributed by atoms with Gasteiger partial charge in [-0.15, -0.1) is 0 Å². The minimum Gasteiger partial charge on any atom is -0.497 e. The Morgan fingerprint density at radius 3 is 2.74 bits per heavy atom. The Morgan fingerprint density at radius 1 is 1.14 bits per heavy atom. The summed E-state index contributed by atoms with van der Waals surface area (Å²) >= 11 is 0. The normalized spacial score (nSPS) is 15.9. The zero-order chi connectivity index (χ0) is 24.4. The van der Waals surface area contributed by atoms with Crippen molar-refractivity contribution in [2.75, 3.05) is 25.1 Å². The number of benzene rings is 2. The van der Waals surface area contributed by atoms with Crippen LogP contribution >= 0.6 is 0 Å². The zero-order valence-electron chi connectivity index (χ0n) is 19.8. The Bertz CT molecular complexity index is 1410. The van der Waals surface area contributed by atoms with Crippen LogP contribution in [0, 0.1) is 0 Å². The van der Waals surface area contributed by atoms with E-state index in [0.29, 0.717) is 28.9 Å². The molecule has 1 unspecified atom stereocenters. The third-order valence-corrected chi connectivity index (χ3v) is 6.53. The van der Waals surface area contributed by atoms with Crippen LogP contribution in [0.15, 0.2) is 71.8 Å². The first-order valence-electron chi connectivity index (χ1n) is 11.8. The van der Waals surface area contributed by atoms with Crippen LogP contribution in [0.2, 0.25) is 0 Å². The predicted octanol–water partition coefficient (Wildman–Crippen LogP) is 3.07. The average molecular weight is 472 g/mol. The van der Waals surface area contributed by atoms with Crippen molar-refractivity contribution in [3.63, 3.8) is 0 Å². The molecule has 1 aliphatic rings. The van der Waals surface area contributed by atoms with Crippen molar-refractivity contribution in [1.82, 2.24) is 14.1 Å². The highest BCUT2D eigenvalue weighted by Gasteiger charge is 2.24. The van der Waals surface area contributed by atoms with E-state index in [4.69, 9.17) is 10.5 Å². The van der Waals surface area contributed by atoms with Crippen molar-refractivity contribution in [3.05, 3.63) is 88.5 Å². The summed E-state index contributed by atoms with van der Waals surface area (Å²) in [6.45, 7) is 2.03. The summed E-state index contributed by atoms with van der Waals surface area (Å²) in [5.74, 6) is 1.34. The fraction of sp³-hybridized carbons (Fsp3) is 0.296. The molecule has 3 heterocycles. The van der Waals surface area contributed by atoms with Crippen molar-refractivity contribution >= 4 is 22.6 Å². The topological polar surface area (TPSA) is 95.4 Å². The van der Waals surface area contributed by atoms with Gasteiger partial charge in [0.25, 0.3) is 5.56 Å². The monoisotopic (exact) mass is 471 g/mol. The van der Waals surface area contributed by atoms with Gasteiger partial charge in [-0.25, -0.2) is 4.98 Å². The molecule has 0 bridgehead atoms. The quantitative estimate of drug-likeness (QED) is 0.416. The van der Waals surface area contributed by atoms with Gasteiger partial charge in [0, 0.05) is 37.3 Å². The standard InChI is InChI=1S/C27H29N5O3/c1-35-22-11-5-9-20(13-22)24(33)17-31-18-29-23-14-25(30-12-6-10-21(28)16-30)32(26(23)27(31)34)15-19-7-3-2-4-8-19/h2-5,7-9,11,13-14,18,21H,6,10,12,15-17,28H2,1H3. The summed E-state index contributed by atoms with van der Waals surface area (Å²) in [5, 5.41) is 0. The van der Waals surface area contributed by atoms with Crippen LogP contribution in [0.5, 0.6) is 5.75 Å². The predicted molar refractivity (Wildman–Crippen MR) is 136 cm³/mol. The molecule has 1 atom stereocenters. The molecule has 0 radical (unpaired) electrons. The number of piperidine rings is 1. The van der Waals surface area contributed by atoms with Gasteiger partial charge in [0.05, 0.1) is 25.5 Å². The maximum absolute atomic E-state index is 13.7. The van der Waals surface area contributed by atoms with E-state index in [1.54, 1.807) is 31.4 Å². The lowest BCUT2D eigenvalue weighted by Crippen LogP contribution is -2.43. The molecule has 0 saturated carbocycles. The second-order valence-electron chi connectivity index (χ2n) is 8.99. The number of nitrogens with two attached hydrogens (primary N) is 1. The van der Waals surface area contributed by atoms with Gasteiger partial charge >= 0.3 is 0 Å². The Hall–Kier alpha value is -3.91. The second kappa shape index (κ2) is 9.76. The number of anilines is 1. The fourth-order valence-electron chi connectivity index (χ4n) is 4.73. The molecule has 180 valence electrons. The molecule has 0 spiro atoms. The lowest BCUT2D eigenvalue weighted by atomic mass is 10.1. The largest absolute Gasteiger partial charge is 0.497 e. The van der Waals surface area contributed by atoms with Crippen LogP contribution in [0.25, 0.3) is 11.0 Å². The maximum atomic E-state index is 13.7. The first-order valence-corrected chi connectivity index (χ1v) is 11.8. The van der Waals surface area contributed by atoms with E-state index in [9.17, 15) is 9.59 Å². The van der Waals surface area contributed by atoms with E-state index in [1.165, 1.54) is 10.9 Å². The summed E-state index contributed by atoms with van der Waals surface area (Å²) in [6.07, 6.45) is 3.45. The smallest absolute Gasteiger partial charge is 0.278 e. The van der Waals surface area contributed by atoms with Gasteiger partial charge in [-0.3, -0.25) is 14.2 Å². The highest BCUT2D eigenvalue weighted by atomic mass is 16.5. The van der Waals surface area contributed by atoms with Crippen molar-refractivity contribution in [1.29, 1.82) is 0 Å². The van der Waals surface area contributed by atoms with Crippen molar-refractivity contribution < 1.29 is 9.53 Å². The summed E-state index contributed by atoms with van der Waals surface area (Å²) < 4.78 is 8.63. The van der Waals surface area contributed by atoms with Crippen LogP contribution in [0.3, 0.4) is 0 Å². The highest BCUT2D eigenvalue weighted by Crippen LogP contribution is 2.27. The third kappa shape index (κ3) is 4.70. The second-order valence-corrected chi connectivity index (χ2v) is 8.99. The molecular formula is C27H29N5O3. The molecule has 4 aromatic rings. The molecule has 35 heavy (non-hydrogen) atoms. The molecule has 0 aliphatic carbocycles. The number of nitrogens with zero attached hydrogens (tertiary/aromatic N) is 4. The fourth-order valence-corrected chi connectivity index (χ4v) is 4.73. The van der Waals surface area contributed by atoms with Crippen LogP contribution < -0.4 is 20.9 Å². The number of hydrogen-bond donors (Lipinski definition) is 1. The molecule has 1 aliphatic heterocycles. The number of Topliss-reactive ketones (excluding diaryl/α,β-unsaturated/α-hetero) is 1. The lowest BCUT2D eigenvalue weighted by molar-refractivity contribution is 0.0970. The minimum atomic E-state index is -0.241. The zero-order valence-corrected chi connectivity index (χ0v) is 19.8. The molecule has 1 fully saturated rings. The minimum absolute atomic E-state index is 0.0945. The number of aromatic nitrogens is 3. The van der Waals surface area contributed by atoms with E-state index in [2.05, 4.69) is 9.88 Å². The molecule has 2 aromatic carbocycles. The number of carbonyl (C=O) groups is 1. The number of rotatable bonds is 7. The van der Waals surface area contributed by atoms with Gasteiger partial charge in [-0.05, 0) is 30.5 Å². The number of hydrogen-bond acceptors (Lipinski definition) is 6. The summed E-state index contributed by atoms with van der Waals surface area (Å²) in [4.78, 5) is 33.4. The van der Waals surface area contributed by atoms with Crippen LogP contribution in [0.1, 0.15) is 28.8 Å². The first kappa shape index (κ1) is 22.9. The molecule has 2 N–H and O–H groups in total. The van der Waals surface area contributed by atoms with Crippen LogP contribution in [-0.4, -0.2) is 46.1 Å². The SMILES string of the molecule is COc1cccc(C(=O)Cn2cnc3cc(N4CCCC(N)C4)n(Cc4ccccc4)c3c2=O)c1. The summed E-state index contributed by atoms with van der Waals surface area (Å²) in [6, 6.07) is 19.0. The van der Waals surface area contributed by atoms with Gasteiger partial charge in [0.2, 0.25) is 0 Å². The van der Waals surface area contributed by atoms with Crippen LogP contribution in [-0.2, 0) is 13.1 Å². The Morgan fingerprint density at radius 2 is 1.97 bits per heavy atom. The Kier molecular flexibility index (Phi) is 6.37. The van der Waals surface area contributed by atoms with Gasteiger partial charge < -0.3 is 19.9 Å². The van der Waals surface area contributed by atoms with E-state index in [1.807, 2.05) is 41.0 Å². The number of methoxy groups -OCH3 is 1. The molecule has 5 rings (SSSR count). The molecule has 1 saturated heterocycles. The van der Waals surface area contributed by atoms with Gasteiger partial charge in [-0.2, -0.15) is 0 Å². The number of ether oxygens (including phenoxy) is 1. The van der Waals surface area contributed by atoms with E-state index < -0.39 is 0 Å². The maximum Gasteiger partial charge on any atom is 0.278 e. The highest BCUT2D eigenvalue weighted by molar-refractivity contribution is 5.96.